The van der Waals surface area contributed by atoms with E-state index in [0.717, 1.165) is 17.3 Å². The topological polar surface area (TPSA) is 74.1 Å². The molecule has 2 aliphatic rings. The molecule has 0 spiro atoms. The molecule has 1 N–H and O–H groups in total. The molecule has 3 aromatic carbocycles. The van der Waals surface area contributed by atoms with Gasteiger partial charge in [0.1, 0.15) is 22.7 Å². The monoisotopic (exact) mass is 522 g/mol. The molecule has 0 saturated carbocycles. The van der Waals surface area contributed by atoms with Crippen molar-refractivity contribution in [3.8, 4) is 0 Å². The molecular weight excluding hydrogens is 501 g/mol. The van der Waals surface area contributed by atoms with Crippen LogP contribution in [0.5, 0.6) is 0 Å². The lowest BCUT2D eigenvalue weighted by Crippen LogP contribution is -2.25. The largest absolute Gasteiger partial charge is 0.326 e. The van der Waals surface area contributed by atoms with Gasteiger partial charge in [0, 0.05) is 18.5 Å². The van der Waals surface area contributed by atoms with Gasteiger partial charge < -0.3 is 5.32 Å². The van der Waals surface area contributed by atoms with Crippen molar-refractivity contribution in [2.75, 3.05) is 5.32 Å². The normalized spacial score (nSPS) is 19.1. The number of nitrogens with one attached hydrogen (secondary N) is 1. The first-order valence-electron chi connectivity index (χ1n) is 11.5. The third kappa shape index (κ3) is 5.43. The Morgan fingerprint density at radius 2 is 1.70 bits per heavy atom. The molecule has 2 heterocycles. The number of hydrogen-bond donors (Lipinski definition) is 1. The first kappa shape index (κ1) is 24.8. The number of anilines is 1. The van der Waals surface area contributed by atoms with Gasteiger partial charge in [-0.3, -0.25) is 9.59 Å². The Morgan fingerprint density at radius 1 is 1.03 bits per heavy atom. The number of amides is 2. The van der Waals surface area contributed by atoms with Crippen LogP contribution in [0.2, 0.25) is 0 Å². The van der Waals surface area contributed by atoms with E-state index >= 15 is 0 Å². The summed E-state index contributed by atoms with van der Waals surface area (Å²) in [4.78, 5) is 29.4. The Morgan fingerprint density at radius 3 is 2.38 bits per heavy atom. The van der Waals surface area contributed by atoms with Crippen molar-refractivity contribution in [3.05, 3.63) is 101 Å². The van der Waals surface area contributed by atoms with E-state index < -0.39 is 22.9 Å². The first-order chi connectivity index (χ1) is 17.8. The molecule has 188 valence electrons. The van der Waals surface area contributed by atoms with Crippen molar-refractivity contribution in [1.29, 1.82) is 0 Å². The number of amidine groups is 1. The summed E-state index contributed by atoms with van der Waals surface area (Å²) in [5.74, 6) is -2.11. The molecule has 0 fully saturated rings. The molecule has 5 rings (SSSR count). The summed E-state index contributed by atoms with van der Waals surface area (Å²) < 4.78 is 40.8. The number of aryl methyl sites for hydroxylation is 1. The fraction of sp³-hybridized carbons (Fsp3) is 0.185. The van der Waals surface area contributed by atoms with Crippen molar-refractivity contribution < 1.29 is 22.8 Å². The molecule has 0 saturated heterocycles. The van der Waals surface area contributed by atoms with Crippen LogP contribution in [0.15, 0.2) is 76.8 Å². The highest BCUT2D eigenvalue weighted by molar-refractivity contribution is 8.15. The average Bonchev–Trinajstić information content (AvgIpc) is 3.46. The third-order valence-electron chi connectivity index (χ3n) is 6.09. The number of benzene rings is 3. The molecule has 6 nitrogen and oxygen atoms in total. The van der Waals surface area contributed by atoms with Crippen LogP contribution in [0, 0.1) is 24.4 Å². The lowest BCUT2D eigenvalue weighted by molar-refractivity contribution is -0.121. The Bertz CT molecular complexity index is 1420. The lowest BCUT2D eigenvalue weighted by atomic mass is 9.98. The van der Waals surface area contributed by atoms with E-state index in [9.17, 15) is 22.8 Å². The summed E-state index contributed by atoms with van der Waals surface area (Å²) in [5.41, 5.74) is 2.90. The van der Waals surface area contributed by atoms with Gasteiger partial charge in [-0.2, -0.15) is 10.1 Å². The number of thioether (sulfide) groups is 1. The number of aliphatic imine (C=N–C) groups is 1. The van der Waals surface area contributed by atoms with Crippen molar-refractivity contribution in [3.63, 3.8) is 0 Å². The van der Waals surface area contributed by atoms with Crippen molar-refractivity contribution in [2.24, 2.45) is 10.1 Å². The SMILES string of the molecule is Cc1ccc(NC(=O)C[C@H]2SC(N3N=C(c4ccc(F)cc4)C[C@H]3c3ccc(F)cc3)=NC2=O)cc1F. The summed E-state index contributed by atoms with van der Waals surface area (Å²) in [6, 6.07) is 15.9. The minimum atomic E-state index is -0.774. The standard InChI is InChI=1S/C27H21F3N4O2S/c1-15-2-11-20(12-21(15)30)31-25(35)14-24-26(36)32-27(37-24)34-23(17-5-9-19(29)10-6-17)13-22(33-34)16-3-7-18(28)8-4-16/h2-12,23-24H,13-14H2,1H3,(H,31,35)/t23-,24+/m0/s1. The molecular formula is C27H21F3N4O2S. The van der Waals surface area contributed by atoms with Gasteiger partial charge in [-0.25, -0.2) is 18.2 Å². The Kier molecular flexibility index (Phi) is 6.84. The Balaban J connectivity index is 1.34. The van der Waals surface area contributed by atoms with Crippen LogP contribution in [-0.2, 0) is 9.59 Å². The Labute approximate surface area is 215 Å². The number of nitrogens with zero attached hydrogens (tertiary/aromatic N) is 3. The van der Waals surface area contributed by atoms with Crippen LogP contribution in [0.1, 0.15) is 35.6 Å². The van der Waals surface area contributed by atoms with Gasteiger partial charge in [0.15, 0.2) is 5.17 Å². The molecule has 37 heavy (non-hydrogen) atoms. The third-order valence-corrected chi connectivity index (χ3v) is 7.24. The highest BCUT2D eigenvalue weighted by atomic mass is 32.2. The zero-order valence-electron chi connectivity index (χ0n) is 19.6. The summed E-state index contributed by atoms with van der Waals surface area (Å²) in [6.45, 7) is 1.62. The quantitative estimate of drug-likeness (QED) is 0.474. The fourth-order valence-corrected chi connectivity index (χ4v) is 5.17. The average molecular weight is 523 g/mol. The maximum Gasteiger partial charge on any atom is 0.262 e. The molecule has 0 bridgehead atoms. The van der Waals surface area contributed by atoms with E-state index in [1.807, 2.05) is 0 Å². The van der Waals surface area contributed by atoms with Gasteiger partial charge >= 0.3 is 0 Å². The molecule has 0 unspecified atom stereocenters. The van der Waals surface area contributed by atoms with Crippen molar-refractivity contribution in [2.45, 2.75) is 31.1 Å². The second-order valence-corrected chi connectivity index (χ2v) is 9.89. The number of halogens is 3. The maximum absolute atomic E-state index is 13.8. The summed E-state index contributed by atoms with van der Waals surface area (Å²) >= 11 is 1.11. The van der Waals surface area contributed by atoms with E-state index in [4.69, 9.17) is 0 Å². The molecule has 2 aliphatic heterocycles. The highest BCUT2D eigenvalue weighted by Gasteiger charge is 2.39. The van der Waals surface area contributed by atoms with Crippen LogP contribution in [0.4, 0.5) is 18.9 Å². The predicted molar refractivity (Wildman–Crippen MR) is 137 cm³/mol. The number of hydrazone groups is 1. The van der Waals surface area contributed by atoms with E-state index in [2.05, 4.69) is 15.4 Å². The predicted octanol–water partition coefficient (Wildman–Crippen LogP) is 5.59. The Hall–Kier alpha value is -3.92. The van der Waals surface area contributed by atoms with Gasteiger partial charge in [0.2, 0.25) is 5.91 Å². The fourth-order valence-electron chi connectivity index (χ4n) is 4.10. The maximum atomic E-state index is 13.8. The minimum absolute atomic E-state index is 0.157. The molecule has 2 amide bonds. The summed E-state index contributed by atoms with van der Waals surface area (Å²) in [5, 5.41) is 8.42. The van der Waals surface area contributed by atoms with Crippen molar-refractivity contribution >= 4 is 40.1 Å². The van der Waals surface area contributed by atoms with E-state index in [1.165, 1.54) is 30.3 Å². The van der Waals surface area contributed by atoms with Crippen LogP contribution in [0.25, 0.3) is 0 Å². The van der Waals surface area contributed by atoms with Gasteiger partial charge in [0.05, 0.1) is 11.8 Å². The van der Waals surface area contributed by atoms with E-state index in [1.54, 1.807) is 48.3 Å². The molecule has 0 aliphatic carbocycles. The van der Waals surface area contributed by atoms with Crippen LogP contribution < -0.4 is 5.32 Å². The second kappa shape index (κ2) is 10.2. The smallest absolute Gasteiger partial charge is 0.262 e. The van der Waals surface area contributed by atoms with E-state index in [-0.39, 0.29) is 24.1 Å². The molecule has 2 atom stereocenters. The van der Waals surface area contributed by atoms with Crippen molar-refractivity contribution in [1.82, 2.24) is 5.01 Å². The molecule has 3 aromatic rings. The lowest BCUT2D eigenvalue weighted by Gasteiger charge is -2.23. The molecule has 0 aromatic heterocycles. The van der Waals surface area contributed by atoms with Crippen LogP contribution in [-0.4, -0.2) is 33.0 Å². The molecule has 0 radical (unpaired) electrons. The van der Waals surface area contributed by atoms with Gasteiger partial charge in [0.25, 0.3) is 5.91 Å². The first-order valence-corrected chi connectivity index (χ1v) is 12.4. The van der Waals surface area contributed by atoms with Crippen LogP contribution in [0.3, 0.4) is 0 Å². The highest BCUT2D eigenvalue weighted by Crippen LogP contribution is 2.38. The number of carbonyl (C=O) groups excluding carboxylic acids is 2. The number of carbonyl (C=O) groups is 2. The summed E-state index contributed by atoms with van der Waals surface area (Å²) in [7, 11) is 0. The number of hydrogen-bond acceptors (Lipinski definition) is 5. The van der Waals surface area contributed by atoms with Crippen LogP contribution >= 0.6 is 11.8 Å². The van der Waals surface area contributed by atoms with E-state index in [0.29, 0.717) is 34.1 Å². The zero-order chi connectivity index (χ0) is 26.1. The summed E-state index contributed by atoms with van der Waals surface area (Å²) in [6.07, 6.45) is 0.269. The van der Waals surface area contributed by atoms with Gasteiger partial charge in [-0.1, -0.05) is 42.1 Å². The second-order valence-electron chi connectivity index (χ2n) is 8.73. The molecule has 10 heteroatoms. The zero-order valence-corrected chi connectivity index (χ0v) is 20.4. The van der Waals surface area contributed by atoms with Gasteiger partial charge in [-0.15, -0.1) is 0 Å². The number of rotatable bonds is 5. The minimum Gasteiger partial charge on any atom is -0.326 e. The van der Waals surface area contributed by atoms with Gasteiger partial charge in [-0.05, 0) is 60.0 Å².